The molecule has 30 heavy (non-hydrogen) atoms. The summed E-state index contributed by atoms with van der Waals surface area (Å²) in [6, 6.07) is 1.68. The molecule has 4 amide bonds. The van der Waals surface area contributed by atoms with Crippen LogP contribution in [-0.4, -0.2) is 54.7 Å². The van der Waals surface area contributed by atoms with Gasteiger partial charge in [-0.3, -0.25) is 9.59 Å². The molecule has 2 atom stereocenters. The highest BCUT2D eigenvalue weighted by molar-refractivity contribution is 5.99. The SMILES string of the molecule is COc1cc(NC(=O)[C@H](CCCNC(N)=O)NC(=O)[C@@H](N)C(C)C)ccc1C(=O)O. The number of urea groups is 1. The minimum absolute atomic E-state index is 0.0548. The Labute approximate surface area is 174 Å². The summed E-state index contributed by atoms with van der Waals surface area (Å²) >= 11 is 0. The quantitative estimate of drug-likeness (QED) is 0.275. The van der Waals surface area contributed by atoms with E-state index in [0.717, 1.165) is 0 Å². The van der Waals surface area contributed by atoms with Crippen LogP contribution in [0, 0.1) is 5.92 Å². The summed E-state index contributed by atoms with van der Waals surface area (Å²) in [5.41, 5.74) is 11.1. The van der Waals surface area contributed by atoms with Crippen LogP contribution in [-0.2, 0) is 9.59 Å². The summed E-state index contributed by atoms with van der Waals surface area (Å²) in [5.74, 6) is -2.22. The van der Waals surface area contributed by atoms with Crippen molar-refractivity contribution in [2.75, 3.05) is 19.0 Å². The lowest BCUT2D eigenvalue weighted by molar-refractivity contribution is -0.128. The number of aromatic carboxylic acids is 1. The number of nitrogens with two attached hydrogens (primary N) is 2. The molecule has 0 fully saturated rings. The number of methoxy groups -OCH3 is 1. The van der Waals surface area contributed by atoms with Crippen molar-refractivity contribution in [1.82, 2.24) is 10.6 Å². The average molecular weight is 423 g/mol. The van der Waals surface area contributed by atoms with Crippen LogP contribution in [0.5, 0.6) is 5.75 Å². The van der Waals surface area contributed by atoms with Crippen LogP contribution in [0.15, 0.2) is 18.2 Å². The zero-order valence-electron chi connectivity index (χ0n) is 17.2. The van der Waals surface area contributed by atoms with Gasteiger partial charge in [0.15, 0.2) is 0 Å². The molecule has 11 heteroatoms. The molecular weight excluding hydrogens is 394 g/mol. The molecule has 0 radical (unpaired) electrons. The first-order chi connectivity index (χ1) is 14.1. The predicted molar refractivity (Wildman–Crippen MR) is 110 cm³/mol. The van der Waals surface area contributed by atoms with Crippen molar-refractivity contribution in [2.24, 2.45) is 17.4 Å². The minimum Gasteiger partial charge on any atom is -0.496 e. The van der Waals surface area contributed by atoms with E-state index < -0.39 is 35.9 Å². The average Bonchev–Trinajstić information content (AvgIpc) is 2.68. The van der Waals surface area contributed by atoms with Crippen LogP contribution in [0.2, 0.25) is 0 Å². The van der Waals surface area contributed by atoms with E-state index in [9.17, 15) is 19.2 Å². The molecule has 11 nitrogen and oxygen atoms in total. The number of carboxylic acids is 1. The second-order valence-corrected chi connectivity index (χ2v) is 6.97. The minimum atomic E-state index is -1.17. The van der Waals surface area contributed by atoms with Crippen molar-refractivity contribution in [3.63, 3.8) is 0 Å². The van der Waals surface area contributed by atoms with E-state index in [1.165, 1.54) is 25.3 Å². The number of carbonyl (C=O) groups is 4. The van der Waals surface area contributed by atoms with Gasteiger partial charge in [0.1, 0.15) is 17.4 Å². The van der Waals surface area contributed by atoms with Crippen LogP contribution < -0.4 is 32.2 Å². The molecule has 166 valence electrons. The van der Waals surface area contributed by atoms with Crippen LogP contribution >= 0.6 is 0 Å². The van der Waals surface area contributed by atoms with Crippen molar-refractivity contribution in [3.8, 4) is 5.75 Å². The van der Waals surface area contributed by atoms with Gasteiger partial charge in [-0.25, -0.2) is 9.59 Å². The maximum absolute atomic E-state index is 12.8. The molecule has 0 spiro atoms. The van der Waals surface area contributed by atoms with Crippen molar-refractivity contribution >= 4 is 29.5 Å². The van der Waals surface area contributed by atoms with Crippen molar-refractivity contribution < 1.29 is 29.0 Å². The molecule has 0 aliphatic carbocycles. The van der Waals surface area contributed by atoms with E-state index in [-0.39, 0.29) is 30.2 Å². The highest BCUT2D eigenvalue weighted by Crippen LogP contribution is 2.23. The standard InChI is InChI=1S/C19H29N5O6/c1-10(2)15(20)17(26)24-13(5-4-8-22-19(21)29)16(25)23-11-6-7-12(18(27)28)14(9-11)30-3/h6-7,9-10,13,15H,4-5,8,20H2,1-3H3,(H,23,25)(H,24,26)(H,27,28)(H3,21,22,29)/t13-,15-/m0/s1. The maximum atomic E-state index is 12.8. The monoisotopic (exact) mass is 423 g/mol. The fourth-order valence-electron chi connectivity index (χ4n) is 2.53. The van der Waals surface area contributed by atoms with E-state index in [0.29, 0.717) is 12.1 Å². The van der Waals surface area contributed by atoms with Gasteiger partial charge < -0.3 is 37.3 Å². The number of carboxylic acid groups (broad SMARTS) is 1. The number of hydrogen-bond acceptors (Lipinski definition) is 6. The van der Waals surface area contributed by atoms with Gasteiger partial charge >= 0.3 is 12.0 Å². The van der Waals surface area contributed by atoms with Crippen LogP contribution in [0.1, 0.15) is 37.0 Å². The number of carbonyl (C=O) groups excluding carboxylic acids is 3. The molecule has 0 aliphatic rings. The van der Waals surface area contributed by atoms with Crippen LogP contribution in [0.25, 0.3) is 0 Å². The molecule has 1 aromatic rings. The molecule has 0 saturated heterocycles. The van der Waals surface area contributed by atoms with Gasteiger partial charge in [0.25, 0.3) is 0 Å². The largest absolute Gasteiger partial charge is 0.496 e. The maximum Gasteiger partial charge on any atom is 0.339 e. The molecule has 0 bridgehead atoms. The summed E-state index contributed by atoms with van der Waals surface area (Å²) in [5, 5.41) is 16.8. The van der Waals surface area contributed by atoms with Crippen molar-refractivity contribution in [2.45, 2.75) is 38.8 Å². The molecule has 0 saturated carbocycles. The lowest BCUT2D eigenvalue weighted by Gasteiger charge is -2.22. The van der Waals surface area contributed by atoms with Crippen LogP contribution in [0.4, 0.5) is 10.5 Å². The molecule has 0 heterocycles. The number of benzene rings is 1. The third-order valence-electron chi connectivity index (χ3n) is 4.32. The van der Waals surface area contributed by atoms with E-state index in [1.807, 2.05) is 0 Å². The number of primary amides is 1. The first-order valence-corrected chi connectivity index (χ1v) is 9.38. The highest BCUT2D eigenvalue weighted by Gasteiger charge is 2.25. The summed E-state index contributed by atoms with van der Waals surface area (Å²) in [6.45, 7) is 3.80. The molecule has 0 aromatic heterocycles. The lowest BCUT2D eigenvalue weighted by atomic mass is 10.0. The Morgan fingerprint density at radius 3 is 2.37 bits per heavy atom. The van der Waals surface area contributed by atoms with Gasteiger partial charge in [-0.15, -0.1) is 0 Å². The van der Waals surface area contributed by atoms with Gasteiger partial charge in [-0.1, -0.05) is 13.8 Å². The Morgan fingerprint density at radius 2 is 1.83 bits per heavy atom. The first kappa shape index (κ1) is 24.7. The predicted octanol–water partition coefficient (Wildman–Crippen LogP) is 0.249. The van der Waals surface area contributed by atoms with E-state index in [4.69, 9.17) is 21.3 Å². The molecule has 1 rings (SSSR count). The summed E-state index contributed by atoms with van der Waals surface area (Å²) < 4.78 is 5.04. The topological polar surface area (TPSA) is 186 Å². The molecule has 1 aromatic carbocycles. The molecule has 0 aliphatic heterocycles. The molecule has 8 N–H and O–H groups in total. The molecule has 0 unspecified atom stereocenters. The van der Waals surface area contributed by atoms with E-state index >= 15 is 0 Å². The Kier molecular flexibility index (Phi) is 9.56. The number of hydrogen-bond donors (Lipinski definition) is 6. The first-order valence-electron chi connectivity index (χ1n) is 9.38. The summed E-state index contributed by atoms with van der Waals surface area (Å²) in [6.07, 6.45) is 0.590. The Bertz CT molecular complexity index is 783. The summed E-state index contributed by atoms with van der Waals surface area (Å²) in [7, 11) is 1.31. The van der Waals surface area contributed by atoms with Gasteiger partial charge in [0.05, 0.1) is 13.2 Å². The smallest absolute Gasteiger partial charge is 0.339 e. The zero-order valence-corrected chi connectivity index (χ0v) is 17.2. The van der Waals surface area contributed by atoms with E-state index in [1.54, 1.807) is 13.8 Å². The number of nitrogens with one attached hydrogen (secondary N) is 3. The number of amides is 4. The van der Waals surface area contributed by atoms with Gasteiger partial charge in [-0.2, -0.15) is 0 Å². The van der Waals surface area contributed by atoms with Gasteiger partial charge in [-0.05, 0) is 30.9 Å². The van der Waals surface area contributed by atoms with Gasteiger partial charge in [0.2, 0.25) is 11.8 Å². The van der Waals surface area contributed by atoms with Crippen molar-refractivity contribution in [3.05, 3.63) is 23.8 Å². The van der Waals surface area contributed by atoms with Crippen LogP contribution in [0.3, 0.4) is 0 Å². The molecular formula is C19H29N5O6. The number of ether oxygens (including phenoxy) is 1. The Balaban J connectivity index is 2.93. The second kappa shape index (κ2) is 11.6. The fourth-order valence-corrected chi connectivity index (χ4v) is 2.53. The highest BCUT2D eigenvalue weighted by atomic mass is 16.5. The summed E-state index contributed by atoms with van der Waals surface area (Å²) in [4.78, 5) is 47.1. The van der Waals surface area contributed by atoms with Gasteiger partial charge in [0, 0.05) is 18.3 Å². The third-order valence-corrected chi connectivity index (χ3v) is 4.32. The second-order valence-electron chi connectivity index (χ2n) is 6.97. The third kappa shape index (κ3) is 7.59. The fraction of sp³-hybridized carbons (Fsp3) is 0.474. The van der Waals surface area contributed by atoms with Crippen molar-refractivity contribution in [1.29, 1.82) is 0 Å². The number of anilines is 1. The Morgan fingerprint density at radius 1 is 1.17 bits per heavy atom. The number of rotatable bonds is 11. The normalized spacial score (nSPS) is 12.6. The zero-order chi connectivity index (χ0) is 22.8. The van der Waals surface area contributed by atoms with E-state index in [2.05, 4.69) is 16.0 Å². The lowest BCUT2D eigenvalue weighted by Crippen LogP contribution is -2.51. The Hall–Kier alpha value is -3.34.